The van der Waals surface area contributed by atoms with Crippen molar-refractivity contribution in [1.82, 2.24) is 5.32 Å². The molecule has 1 unspecified atom stereocenters. The van der Waals surface area contributed by atoms with Crippen LogP contribution in [0.4, 0.5) is 0 Å². The summed E-state index contributed by atoms with van der Waals surface area (Å²) in [5.74, 6) is 1.06. The lowest BCUT2D eigenvalue weighted by molar-refractivity contribution is 0.353. The van der Waals surface area contributed by atoms with E-state index in [0.29, 0.717) is 12.6 Å². The number of allylic oxidation sites excluding steroid dienone is 1. The van der Waals surface area contributed by atoms with Gasteiger partial charge in [-0.2, -0.15) is 0 Å². The Labute approximate surface area is 104 Å². The first-order chi connectivity index (χ1) is 8.36. The molecule has 0 bridgehead atoms. The first kappa shape index (κ1) is 12.2. The number of rotatable bonds is 4. The van der Waals surface area contributed by atoms with E-state index in [9.17, 15) is 0 Å². The molecule has 0 radical (unpaired) electrons. The highest BCUT2D eigenvalue weighted by molar-refractivity contribution is 5.43. The fraction of sp³-hybridized carbons (Fsp3) is 0.467. The molecular weight excluding hydrogens is 210 g/mol. The quantitative estimate of drug-likeness (QED) is 0.803. The third kappa shape index (κ3) is 2.70. The van der Waals surface area contributed by atoms with E-state index in [-0.39, 0.29) is 0 Å². The van der Waals surface area contributed by atoms with Gasteiger partial charge in [0.05, 0.1) is 0 Å². The normalized spacial score (nSPS) is 19.3. The van der Waals surface area contributed by atoms with Gasteiger partial charge in [-0.05, 0) is 50.4 Å². The van der Waals surface area contributed by atoms with Gasteiger partial charge < -0.3 is 10.1 Å². The van der Waals surface area contributed by atoms with Crippen molar-refractivity contribution < 1.29 is 4.74 Å². The zero-order valence-electron chi connectivity index (χ0n) is 10.7. The first-order valence-electron chi connectivity index (χ1n) is 6.39. The van der Waals surface area contributed by atoms with Crippen LogP contribution in [0.1, 0.15) is 36.9 Å². The van der Waals surface area contributed by atoms with Crippen molar-refractivity contribution in [3.63, 3.8) is 0 Å². The van der Waals surface area contributed by atoms with Crippen LogP contribution in [-0.4, -0.2) is 13.7 Å². The van der Waals surface area contributed by atoms with Crippen LogP contribution in [-0.2, 0) is 6.42 Å². The van der Waals surface area contributed by atoms with Gasteiger partial charge in [0.25, 0.3) is 0 Å². The van der Waals surface area contributed by atoms with Crippen LogP contribution in [0.2, 0.25) is 0 Å². The second-order valence-electron chi connectivity index (χ2n) is 4.44. The summed E-state index contributed by atoms with van der Waals surface area (Å²) in [7, 11) is 2.03. The summed E-state index contributed by atoms with van der Waals surface area (Å²) < 4.78 is 5.82. The Morgan fingerprint density at radius 2 is 2.35 bits per heavy atom. The number of ether oxygens (including phenoxy) is 1. The van der Waals surface area contributed by atoms with Gasteiger partial charge in [0.2, 0.25) is 0 Å². The molecule has 92 valence electrons. The van der Waals surface area contributed by atoms with Crippen molar-refractivity contribution in [2.75, 3.05) is 13.7 Å². The third-order valence-corrected chi connectivity index (χ3v) is 3.38. The molecule has 0 saturated heterocycles. The highest BCUT2D eigenvalue weighted by Crippen LogP contribution is 2.35. The van der Waals surface area contributed by atoms with E-state index in [0.717, 1.165) is 12.2 Å². The number of hydrogen-bond donors (Lipinski definition) is 1. The fourth-order valence-electron chi connectivity index (χ4n) is 2.48. The van der Waals surface area contributed by atoms with Crippen molar-refractivity contribution in [3.8, 4) is 5.75 Å². The molecule has 2 rings (SSSR count). The summed E-state index contributed by atoms with van der Waals surface area (Å²) in [5.41, 5.74) is 2.80. The Balaban J connectivity index is 2.22. The SMILES string of the molecule is CC=CCOc1cccc2c1CCCC2NC. The average Bonchev–Trinajstić information content (AvgIpc) is 2.38. The van der Waals surface area contributed by atoms with Gasteiger partial charge in [0.1, 0.15) is 12.4 Å². The van der Waals surface area contributed by atoms with Crippen molar-refractivity contribution in [2.45, 2.75) is 32.2 Å². The van der Waals surface area contributed by atoms with Crippen molar-refractivity contribution in [1.29, 1.82) is 0 Å². The van der Waals surface area contributed by atoms with E-state index in [4.69, 9.17) is 4.74 Å². The maximum absolute atomic E-state index is 5.82. The molecule has 0 aromatic heterocycles. The van der Waals surface area contributed by atoms with Crippen LogP contribution >= 0.6 is 0 Å². The molecule has 0 aliphatic heterocycles. The van der Waals surface area contributed by atoms with Gasteiger partial charge in [-0.25, -0.2) is 0 Å². The molecule has 1 aromatic rings. The Bertz CT molecular complexity index is 398. The van der Waals surface area contributed by atoms with Gasteiger partial charge in [-0.15, -0.1) is 0 Å². The standard InChI is InChI=1S/C15H21NO/c1-3-4-11-17-15-10-6-7-12-13(15)8-5-9-14(12)16-2/h3-4,6-7,10,14,16H,5,8-9,11H2,1-2H3. The van der Waals surface area contributed by atoms with E-state index in [1.165, 1.54) is 24.0 Å². The predicted molar refractivity (Wildman–Crippen MR) is 71.5 cm³/mol. The number of nitrogens with one attached hydrogen (secondary N) is 1. The Morgan fingerprint density at radius 1 is 1.47 bits per heavy atom. The fourth-order valence-corrected chi connectivity index (χ4v) is 2.48. The molecule has 1 atom stereocenters. The van der Waals surface area contributed by atoms with Crippen LogP contribution in [0.15, 0.2) is 30.4 Å². The van der Waals surface area contributed by atoms with Crippen LogP contribution in [0.25, 0.3) is 0 Å². The second kappa shape index (κ2) is 5.87. The Morgan fingerprint density at radius 3 is 3.12 bits per heavy atom. The predicted octanol–water partition coefficient (Wildman–Crippen LogP) is 3.24. The summed E-state index contributed by atoms with van der Waals surface area (Å²) in [4.78, 5) is 0. The topological polar surface area (TPSA) is 21.3 Å². The molecule has 0 amide bonds. The van der Waals surface area contributed by atoms with Gasteiger partial charge in [0, 0.05) is 6.04 Å². The minimum Gasteiger partial charge on any atom is -0.489 e. The molecular formula is C15H21NO. The van der Waals surface area contributed by atoms with Crippen molar-refractivity contribution in [3.05, 3.63) is 41.5 Å². The molecule has 0 saturated carbocycles. The minimum atomic E-state index is 0.490. The summed E-state index contributed by atoms with van der Waals surface area (Å²) in [6.45, 7) is 2.68. The molecule has 0 fully saturated rings. The van der Waals surface area contributed by atoms with Crippen LogP contribution in [0.5, 0.6) is 5.75 Å². The minimum absolute atomic E-state index is 0.490. The molecule has 1 N–H and O–H groups in total. The highest BCUT2D eigenvalue weighted by Gasteiger charge is 2.21. The molecule has 17 heavy (non-hydrogen) atoms. The smallest absolute Gasteiger partial charge is 0.123 e. The van der Waals surface area contributed by atoms with Gasteiger partial charge >= 0.3 is 0 Å². The Hall–Kier alpha value is -1.28. The van der Waals surface area contributed by atoms with Crippen LogP contribution in [0, 0.1) is 0 Å². The molecule has 1 aliphatic carbocycles. The summed E-state index contributed by atoms with van der Waals surface area (Å²) >= 11 is 0. The molecule has 0 heterocycles. The van der Waals surface area contributed by atoms with Gasteiger partial charge in [0.15, 0.2) is 0 Å². The molecule has 1 aromatic carbocycles. The summed E-state index contributed by atoms with van der Waals surface area (Å²) in [5, 5.41) is 3.39. The maximum atomic E-state index is 5.82. The molecule has 2 heteroatoms. The molecule has 0 spiro atoms. The third-order valence-electron chi connectivity index (χ3n) is 3.38. The van der Waals surface area contributed by atoms with E-state index in [1.54, 1.807) is 0 Å². The van der Waals surface area contributed by atoms with Gasteiger partial charge in [-0.3, -0.25) is 0 Å². The van der Waals surface area contributed by atoms with E-state index in [2.05, 4.69) is 23.5 Å². The highest BCUT2D eigenvalue weighted by atomic mass is 16.5. The van der Waals surface area contributed by atoms with Crippen molar-refractivity contribution in [2.24, 2.45) is 0 Å². The largest absolute Gasteiger partial charge is 0.489 e. The molecule has 1 aliphatic rings. The van der Waals surface area contributed by atoms with Crippen molar-refractivity contribution >= 4 is 0 Å². The lowest BCUT2D eigenvalue weighted by atomic mass is 9.87. The number of benzene rings is 1. The zero-order valence-corrected chi connectivity index (χ0v) is 10.7. The van der Waals surface area contributed by atoms with Gasteiger partial charge in [-0.1, -0.05) is 24.3 Å². The van der Waals surface area contributed by atoms with Crippen LogP contribution < -0.4 is 10.1 Å². The lowest BCUT2D eigenvalue weighted by Crippen LogP contribution is -2.22. The average molecular weight is 231 g/mol. The van der Waals surface area contributed by atoms with E-state index in [1.807, 2.05) is 26.1 Å². The number of hydrogen-bond acceptors (Lipinski definition) is 2. The maximum Gasteiger partial charge on any atom is 0.123 e. The second-order valence-corrected chi connectivity index (χ2v) is 4.44. The number of fused-ring (bicyclic) bond motifs is 1. The summed E-state index contributed by atoms with van der Waals surface area (Å²) in [6.07, 6.45) is 7.66. The van der Waals surface area contributed by atoms with Crippen LogP contribution in [0.3, 0.4) is 0 Å². The lowest BCUT2D eigenvalue weighted by Gasteiger charge is -2.26. The first-order valence-corrected chi connectivity index (χ1v) is 6.39. The monoisotopic (exact) mass is 231 g/mol. The zero-order chi connectivity index (χ0) is 12.1. The van der Waals surface area contributed by atoms with E-state index >= 15 is 0 Å². The summed E-state index contributed by atoms with van der Waals surface area (Å²) in [6, 6.07) is 6.89. The molecule has 2 nitrogen and oxygen atoms in total. The van der Waals surface area contributed by atoms with E-state index < -0.39 is 0 Å². The Kier molecular flexibility index (Phi) is 4.21.